The van der Waals surface area contributed by atoms with Gasteiger partial charge in [0, 0.05) is 6.54 Å². The minimum absolute atomic E-state index is 0.525. The Morgan fingerprint density at radius 2 is 2.08 bits per heavy atom. The highest BCUT2D eigenvalue weighted by Gasteiger charge is 2.38. The van der Waals surface area contributed by atoms with Gasteiger partial charge >= 0.3 is 0 Å². The molecule has 0 fully saturated rings. The lowest BCUT2D eigenvalue weighted by molar-refractivity contribution is 0.207. The summed E-state index contributed by atoms with van der Waals surface area (Å²) in [7, 11) is 0. The van der Waals surface area contributed by atoms with Crippen LogP contribution in [-0.2, 0) is 0 Å². The van der Waals surface area contributed by atoms with Crippen LogP contribution in [0.15, 0.2) is 5.10 Å². The molecule has 12 heavy (non-hydrogen) atoms. The summed E-state index contributed by atoms with van der Waals surface area (Å²) in [4.78, 5) is 1.34. The molecule has 1 heterocycles. The minimum Gasteiger partial charge on any atom is -0.281 e. The zero-order chi connectivity index (χ0) is 9.35. The summed E-state index contributed by atoms with van der Waals surface area (Å²) in [6.07, 6.45) is 1.41. The summed E-state index contributed by atoms with van der Waals surface area (Å²) in [6, 6.07) is 0. The topological polar surface area (TPSA) is 18.8 Å². The number of alkyl halides is 4. The van der Waals surface area contributed by atoms with Crippen LogP contribution in [0.3, 0.4) is 0 Å². The number of halogens is 4. The highest BCUT2D eigenvalue weighted by atomic mass is 35.6. The minimum atomic E-state index is -1.54. The van der Waals surface area contributed by atoms with Crippen molar-refractivity contribution in [2.75, 3.05) is 6.54 Å². The van der Waals surface area contributed by atoms with E-state index in [1.165, 1.54) is 11.2 Å². The molecule has 1 rings (SSSR count). The molecule has 1 atom stereocenters. The molecule has 0 saturated heterocycles. The van der Waals surface area contributed by atoms with Crippen molar-refractivity contribution in [2.45, 2.75) is 16.5 Å². The standard InChI is InChI=1S/C5H7Cl4N3/c1-2-12-4(6)11(3-10-12)5(7,8)9/h3-4H,2H2,1H3. The van der Waals surface area contributed by atoms with Gasteiger partial charge in [0.05, 0.1) is 0 Å². The van der Waals surface area contributed by atoms with Crippen LogP contribution in [0.25, 0.3) is 0 Å². The van der Waals surface area contributed by atoms with Crippen molar-refractivity contribution in [1.82, 2.24) is 9.91 Å². The molecule has 0 aromatic carbocycles. The molecule has 3 nitrogen and oxygen atoms in total. The third kappa shape index (κ3) is 2.02. The largest absolute Gasteiger partial charge is 0.281 e. The van der Waals surface area contributed by atoms with E-state index in [0.29, 0.717) is 6.54 Å². The Hall–Kier alpha value is 0.430. The first kappa shape index (κ1) is 10.5. The Bertz CT molecular complexity index is 190. The van der Waals surface area contributed by atoms with E-state index in [1.807, 2.05) is 6.92 Å². The molecule has 70 valence electrons. The van der Waals surface area contributed by atoms with Crippen LogP contribution in [0, 0.1) is 0 Å². The number of hydrogen-bond donors (Lipinski definition) is 0. The molecule has 7 heteroatoms. The van der Waals surface area contributed by atoms with Crippen LogP contribution >= 0.6 is 46.4 Å². The van der Waals surface area contributed by atoms with E-state index < -0.39 is 9.54 Å². The smallest absolute Gasteiger partial charge is 0.271 e. The molecule has 0 aromatic rings. The summed E-state index contributed by atoms with van der Waals surface area (Å²) in [5, 5.41) is 5.53. The monoisotopic (exact) mass is 249 g/mol. The Balaban J connectivity index is 2.68. The van der Waals surface area contributed by atoms with E-state index in [9.17, 15) is 0 Å². The fourth-order valence-corrected chi connectivity index (χ4v) is 1.74. The van der Waals surface area contributed by atoms with Crippen molar-refractivity contribution in [3.63, 3.8) is 0 Å². The molecule has 0 amide bonds. The predicted molar refractivity (Wildman–Crippen MR) is 52.6 cm³/mol. The van der Waals surface area contributed by atoms with Gasteiger partial charge in [-0.3, -0.25) is 9.91 Å². The van der Waals surface area contributed by atoms with Gasteiger partial charge < -0.3 is 0 Å². The maximum absolute atomic E-state index is 5.90. The van der Waals surface area contributed by atoms with E-state index in [4.69, 9.17) is 46.4 Å². The SMILES string of the molecule is CCN1N=CN(C(Cl)(Cl)Cl)C1Cl. The second kappa shape index (κ2) is 3.66. The maximum Gasteiger partial charge on any atom is 0.271 e. The highest BCUT2D eigenvalue weighted by Crippen LogP contribution is 2.35. The van der Waals surface area contributed by atoms with Gasteiger partial charge in [0.1, 0.15) is 6.34 Å². The van der Waals surface area contributed by atoms with Crippen molar-refractivity contribution in [3.8, 4) is 0 Å². The molecule has 0 spiro atoms. The molecule has 0 radical (unpaired) electrons. The Kier molecular flexibility index (Phi) is 3.21. The number of hydrazone groups is 1. The van der Waals surface area contributed by atoms with Gasteiger partial charge in [-0.2, -0.15) is 5.10 Å². The fraction of sp³-hybridized carbons (Fsp3) is 0.800. The average Bonchev–Trinajstić information content (AvgIpc) is 2.29. The zero-order valence-corrected chi connectivity index (χ0v) is 9.24. The van der Waals surface area contributed by atoms with Crippen molar-refractivity contribution in [2.24, 2.45) is 5.10 Å². The van der Waals surface area contributed by atoms with Crippen LogP contribution in [0.2, 0.25) is 0 Å². The lowest BCUT2D eigenvalue weighted by Crippen LogP contribution is -2.42. The summed E-state index contributed by atoms with van der Waals surface area (Å²) >= 11 is 22.7. The molecule has 0 N–H and O–H groups in total. The van der Waals surface area contributed by atoms with Gasteiger partial charge in [-0.15, -0.1) is 0 Å². The summed E-state index contributed by atoms with van der Waals surface area (Å²) in [5.74, 6) is 0. The van der Waals surface area contributed by atoms with E-state index >= 15 is 0 Å². The van der Waals surface area contributed by atoms with E-state index in [-0.39, 0.29) is 0 Å². The van der Waals surface area contributed by atoms with Gasteiger partial charge in [0.15, 0.2) is 5.62 Å². The maximum atomic E-state index is 5.90. The van der Waals surface area contributed by atoms with Gasteiger partial charge in [0.2, 0.25) is 0 Å². The Labute approximate surface area is 90.8 Å². The first-order chi connectivity index (χ1) is 5.46. The van der Waals surface area contributed by atoms with Crippen LogP contribution in [0.4, 0.5) is 0 Å². The van der Waals surface area contributed by atoms with Gasteiger partial charge in [0.25, 0.3) is 3.92 Å². The number of hydrogen-bond acceptors (Lipinski definition) is 3. The molecular formula is C5H7Cl4N3. The quantitative estimate of drug-likeness (QED) is 0.526. The number of nitrogens with zero attached hydrogens (tertiary/aromatic N) is 3. The highest BCUT2D eigenvalue weighted by molar-refractivity contribution is 6.67. The van der Waals surface area contributed by atoms with Crippen LogP contribution in [0.1, 0.15) is 6.92 Å². The lowest BCUT2D eigenvalue weighted by atomic mass is 10.7. The van der Waals surface area contributed by atoms with Crippen LogP contribution < -0.4 is 0 Å². The van der Waals surface area contributed by atoms with Crippen LogP contribution in [-0.4, -0.2) is 32.3 Å². The lowest BCUT2D eigenvalue weighted by Gasteiger charge is -2.29. The second-order valence-corrected chi connectivity index (χ2v) is 4.78. The summed E-state index contributed by atoms with van der Waals surface area (Å²) in [5.41, 5.74) is -0.525. The Morgan fingerprint density at radius 3 is 2.33 bits per heavy atom. The second-order valence-electron chi connectivity index (χ2n) is 2.17. The number of rotatable bonds is 1. The van der Waals surface area contributed by atoms with Crippen LogP contribution in [0.5, 0.6) is 0 Å². The molecule has 0 aliphatic carbocycles. The van der Waals surface area contributed by atoms with E-state index in [2.05, 4.69) is 5.10 Å². The van der Waals surface area contributed by atoms with Gasteiger partial charge in [-0.05, 0) is 6.92 Å². The van der Waals surface area contributed by atoms with Crippen molar-refractivity contribution in [3.05, 3.63) is 0 Å². The Morgan fingerprint density at radius 1 is 1.50 bits per heavy atom. The van der Waals surface area contributed by atoms with Crippen molar-refractivity contribution in [1.29, 1.82) is 0 Å². The summed E-state index contributed by atoms with van der Waals surface area (Å²) < 4.78 is -1.54. The first-order valence-electron chi connectivity index (χ1n) is 3.26. The zero-order valence-electron chi connectivity index (χ0n) is 6.22. The molecule has 0 aromatic heterocycles. The van der Waals surface area contributed by atoms with Gasteiger partial charge in [-0.1, -0.05) is 46.4 Å². The average molecular weight is 251 g/mol. The van der Waals surface area contributed by atoms with E-state index in [0.717, 1.165) is 0 Å². The first-order valence-corrected chi connectivity index (χ1v) is 4.84. The molecule has 1 unspecified atom stereocenters. The van der Waals surface area contributed by atoms with E-state index in [1.54, 1.807) is 5.01 Å². The fourth-order valence-electron chi connectivity index (χ4n) is 0.794. The normalized spacial score (nSPS) is 23.9. The third-order valence-corrected chi connectivity index (χ3v) is 2.44. The molecule has 1 aliphatic rings. The molecule has 0 saturated carbocycles. The molecular weight excluding hydrogens is 244 g/mol. The van der Waals surface area contributed by atoms with Gasteiger partial charge in [-0.25, -0.2) is 0 Å². The molecule has 1 aliphatic heterocycles. The third-order valence-electron chi connectivity index (χ3n) is 1.42. The van der Waals surface area contributed by atoms with Crippen molar-refractivity contribution < 1.29 is 0 Å². The summed E-state index contributed by atoms with van der Waals surface area (Å²) in [6.45, 7) is 2.58. The van der Waals surface area contributed by atoms with Crippen molar-refractivity contribution >= 4 is 52.7 Å². The molecule has 0 bridgehead atoms. The predicted octanol–water partition coefficient (Wildman–Crippen LogP) is 2.42.